The molecule has 0 saturated heterocycles. The van der Waals surface area contributed by atoms with Gasteiger partial charge in [-0.05, 0) is 26.2 Å². The Morgan fingerprint density at radius 1 is 1.53 bits per heavy atom. The molecule has 1 N–H and O–H groups in total. The quantitative estimate of drug-likeness (QED) is 0.655. The first-order chi connectivity index (χ1) is 8.22. The number of carboxylic acid groups (broad SMARTS) is 1. The van der Waals surface area contributed by atoms with Crippen molar-refractivity contribution in [3.05, 3.63) is 11.9 Å². The van der Waals surface area contributed by atoms with Crippen molar-refractivity contribution in [1.82, 2.24) is 15.0 Å². The summed E-state index contributed by atoms with van der Waals surface area (Å²) in [5, 5.41) is 16.5. The van der Waals surface area contributed by atoms with Crippen LogP contribution in [-0.2, 0) is 22.5 Å². The molecule has 0 unspecified atom stereocenters. The van der Waals surface area contributed by atoms with Crippen molar-refractivity contribution >= 4 is 5.97 Å². The van der Waals surface area contributed by atoms with Crippen LogP contribution in [0.5, 0.6) is 0 Å². The Balaban J connectivity index is 2.18. The zero-order valence-electron chi connectivity index (χ0n) is 10.1. The molecule has 1 aromatic rings. The number of carboxylic acids is 1. The number of carbonyl (C=O) groups is 1. The van der Waals surface area contributed by atoms with Gasteiger partial charge in [0.15, 0.2) is 0 Å². The predicted molar refractivity (Wildman–Crippen MR) is 61.7 cm³/mol. The SMILES string of the molecule is CCOCCn1cc(CCCCC(=O)O)nn1. The van der Waals surface area contributed by atoms with Crippen molar-refractivity contribution in [2.24, 2.45) is 0 Å². The highest BCUT2D eigenvalue weighted by Gasteiger charge is 2.02. The Morgan fingerprint density at radius 3 is 3.06 bits per heavy atom. The summed E-state index contributed by atoms with van der Waals surface area (Å²) >= 11 is 0. The van der Waals surface area contributed by atoms with Crippen LogP contribution in [-0.4, -0.2) is 39.3 Å². The largest absolute Gasteiger partial charge is 0.481 e. The van der Waals surface area contributed by atoms with Gasteiger partial charge in [-0.2, -0.15) is 0 Å². The van der Waals surface area contributed by atoms with Gasteiger partial charge in [0.25, 0.3) is 0 Å². The first kappa shape index (κ1) is 13.6. The number of nitrogens with zero attached hydrogens (tertiary/aromatic N) is 3. The summed E-state index contributed by atoms with van der Waals surface area (Å²) in [7, 11) is 0. The van der Waals surface area contributed by atoms with E-state index in [1.165, 1.54) is 0 Å². The van der Waals surface area contributed by atoms with Crippen LogP contribution in [0.2, 0.25) is 0 Å². The Bertz CT molecular complexity index is 338. The molecule has 0 radical (unpaired) electrons. The fourth-order valence-electron chi connectivity index (χ4n) is 1.45. The van der Waals surface area contributed by atoms with Gasteiger partial charge in [-0.15, -0.1) is 5.10 Å². The lowest BCUT2D eigenvalue weighted by Gasteiger charge is -1.99. The molecule has 1 rings (SSSR count). The van der Waals surface area contributed by atoms with E-state index in [0.29, 0.717) is 26.2 Å². The predicted octanol–water partition coefficient (Wildman–Crippen LogP) is 1.11. The highest BCUT2D eigenvalue weighted by Crippen LogP contribution is 2.03. The second-order valence-electron chi connectivity index (χ2n) is 3.77. The lowest BCUT2D eigenvalue weighted by atomic mass is 10.1. The van der Waals surface area contributed by atoms with Crippen molar-refractivity contribution < 1.29 is 14.6 Å². The van der Waals surface area contributed by atoms with Gasteiger partial charge < -0.3 is 9.84 Å². The van der Waals surface area contributed by atoms with E-state index in [4.69, 9.17) is 9.84 Å². The fourth-order valence-corrected chi connectivity index (χ4v) is 1.45. The summed E-state index contributed by atoms with van der Waals surface area (Å²) in [5.41, 5.74) is 0.909. The molecule has 0 fully saturated rings. The summed E-state index contributed by atoms with van der Waals surface area (Å²) < 4.78 is 6.97. The Labute approximate surface area is 101 Å². The molecule has 0 aromatic carbocycles. The molecule has 0 bridgehead atoms. The van der Waals surface area contributed by atoms with Crippen LogP contribution in [0, 0.1) is 0 Å². The van der Waals surface area contributed by atoms with E-state index in [2.05, 4.69) is 10.3 Å². The fraction of sp³-hybridized carbons (Fsp3) is 0.727. The maximum atomic E-state index is 10.3. The van der Waals surface area contributed by atoms with Gasteiger partial charge in [-0.1, -0.05) is 5.21 Å². The standard InChI is InChI=1S/C11H19N3O3/c1-2-17-8-7-14-9-10(12-13-14)5-3-4-6-11(15)16/h9H,2-8H2,1H3,(H,15,16). The van der Waals surface area contributed by atoms with Crippen LogP contribution >= 0.6 is 0 Å². The molecule has 0 aliphatic heterocycles. The van der Waals surface area contributed by atoms with Crippen LogP contribution in [0.4, 0.5) is 0 Å². The summed E-state index contributed by atoms with van der Waals surface area (Å²) in [5.74, 6) is -0.745. The van der Waals surface area contributed by atoms with E-state index in [1.807, 2.05) is 13.1 Å². The molecule has 96 valence electrons. The van der Waals surface area contributed by atoms with Crippen LogP contribution in [0.25, 0.3) is 0 Å². The number of aryl methyl sites for hydroxylation is 1. The first-order valence-electron chi connectivity index (χ1n) is 5.91. The van der Waals surface area contributed by atoms with Crippen molar-refractivity contribution in [3.8, 4) is 0 Å². The Hall–Kier alpha value is -1.43. The molecule has 0 saturated carbocycles. The van der Waals surface area contributed by atoms with E-state index < -0.39 is 5.97 Å². The van der Waals surface area contributed by atoms with Gasteiger partial charge in [-0.3, -0.25) is 4.79 Å². The van der Waals surface area contributed by atoms with Gasteiger partial charge in [-0.25, -0.2) is 4.68 Å². The van der Waals surface area contributed by atoms with Crippen LogP contribution < -0.4 is 0 Å². The molecule has 0 aliphatic rings. The van der Waals surface area contributed by atoms with Crippen LogP contribution in [0.1, 0.15) is 31.9 Å². The number of aromatic nitrogens is 3. The zero-order valence-corrected chi connectivity index (χ0v) is 10.1. The molecule has 0 aliphatic carbocycles. The summed E-state index contributed by atoms with van der Waals surface area (Å²) in [6, 6.07) is 0. The van der Waals surface area contributed by atoms with Gasteiger partial charge >= 0.3 is 5.97 Å². The third kappa shape index (κ3) is 6.01. The second-order valence-corrected chi connectivity index (χ2v) is 3.77. The number of unbranched alkanes of at least 4 members (excludes halogenated alkanes) is 1. The van der Waals surface area contributed by atoms with E-state index in [9.17, 15) is 4.79 Å². The minimum atomic E-state index is -0.745. The highest BCUT2D eigenvalue weighted by molar-refractivity contribution is 5.66. The molecular weight excluding hydrogens is 222 g/mol. The second kappa shape index (κ2) is 7.78. The smallest absolute Gasteiger partial charge is 0.303 e. The van der Waals surface area contributed by atoms with E-state index in [0.717, 1.165) is 18.5 Å². The zero-order chi connectivity index (χ0) is 12.5. The molecule has 1 heterocycles. The van der Waals surface area contributed by atoms with Crippen LogP contribution in [0.15, 0.2) is 6.20 Å². The third-order valence-electron chi connectivity index (χ3n) is 2.33. The van der Waals surface area contributed by atoms with E-state index in [-0.39, 0.29) is 6.42 Å². The number of hydrogen-bond donors (Lipinski definition) is 1. The van der Waals surface area contributed by atoms with Crippen molar-refractivity contribution in [2.45, 2.75) is 39.2 Å². The molecule has 17 heavy (non-hydrogen) atoms. The Morgan fingerprint density at radius 2 is 2.35 bits per heavy atom. The topological polar surface area (TPSA) is 77.2 Å². The average Bonchev–Trinajstić information content (AvgIpc) is 2.73. The molecule has 0 amide bonds. The van der Waals surface area contributed by atoms with Crippen LogP contribution in [0.3, 0.4) is 0 Å². The van der Waals surface area contributed by atoms with E-state index in [1.54, 1.807) is 4.68 Å². The third-order valence-corrected chi connectivity index (χ3v) is 2.33. The number of ether oxygens (including phenoxy) is 1. The number of rotatable bonds is 9. The maximum absolute atomic E-state index is 10.3. The van der Waals surface area contributed by atoms with Gasteiger partial charge in [0.2, 0.25) is 0 Å². The van der Waals surface area contributed by atoms with Gasteiger partial charge in [0.05, 0.1) is 18.8 Å². The number of hydrogen-bond acceptors (Lipinski definition) is 4. The molecular formula is C11H19N3O3. The normalized spacial score (nSPS) is 10.6. The van der Waals surface area contributed by atoms with Gasteiger partial charge in [0, 0.05) is 19.2 Å². The summed E-state index contributed by atoms with van der Waals surface area (Å²) in [4.78, 5) is 10.3. The molecule has 1 aromatic heterocycles. The first-order valence-corrected chi connectivity index (χ1v) is 5.91. The Kier molecular flexibility index (Phi) is 6.24. The summed E-state index contributed by atoms with van der Waals surface area (Å²) in [6.07, 6.45) is 4.40. The average molecular weight is 241 g/mol. The summed E-state index contributed by atoms with van der Waals surface area (Å²) in [6.45, 7) is 4.00. The van der Waals surface area contributed by atoms with E-state index >= 15 is 0 Å². The number of aliphatic carboxylic acids is 1. The highest BCUT2D eigenvalue weighted by atomic mass is 16.5. The van der Waals surface area contributed by atoms with Crippen molar-refractivity contribution in [2.75, 3.05) is 13.2 Å². The lowest BCUT2D eigenvalue weighted by molar-refractivity contribution is -0.137. The van der Waals surface area contributed by atoms with Crippen molar-refractivity contribution in [1.29, 1.82) is 0 Å². The minimum absolute atomic E-state index is 0.221. The monoisotopic (exact) mass is 241 g/mol. The lowest BCUT2D eigenvalue weighted by Crippen LogP contribution is -2.06. The molecule has 6 heteroatoms. The van der Waals surface area contributed by atoms with Gasteiger partial charge in [0.1, 0.15) is 0 Å². The molecule has 0 spiro atoms. The minimum Gasteiger partial charge on any atom is -0.481 e. The molecule has 0 atom stereocenters. The maximum Gasteiger partial charge on any atom is 0.303 e. The van der Waals surface area contributed by atoms with Crippen molar-refractivity contribution in [3.63, 3.8) is 0 Å². The molecule has 6 nitrogen and oxygen atoms in total.